The van der Waals surface area contributed by atoms with Gasteiger partial charge in [0.2, 0.25) is 6.79 Å². The number of rotatable bonds is 6. The van der Waals surface area contributed by atoms with Crippen molar-refractivity contribution in [2.75, 3.05) is 33.0 Å². The summed E-state index contributed by atoms with van der Waals surface area (Å²) in [5.74, 6) is 1.82. The fraction of sp³-hybridized carbons (Fsp3) is 0.421. The third-order valence-corrected chi connectivity index (χ3v) is 4.88. The van der Waals surface area contributed by atoms with Gasteiger partial charge in [-0.3, -0.25) is 4.79 Å². The summed E-state index contributed by atoms with van der Waals surface area (Å²) in [7, 11) is 0. The smallest absolute Gasteiger partial charge is 0.290 e. The lowest BCUT2D eigenvalue weighted by Gasteiger charge is -2.23. The minimum absolute atomic E-state index is 0.0683. The maximum absolute atomic E-state index is 12.8. The first kappa shape index (κ1) is 16.0. The van der Waals surface area contributed by atoms with Gasteiger partial charge in [0, 0.05) is 19.4 Å². The van der Waals surface area contributed by atoms with Gasteiger partial charge in [-0.25, -0.2) is 0 Å². The second-order valence-electron chi connectivity index (χ2n) is 6.60. The number of hydrogen-bond acceptors (Lipinski definition) is 4. The van der Waals surface area contributed by atoms with E-state index in [4.69, 9.17) is 13.9 Å². The third-order valence-electron chi connectivity index (χ3n) is 4.88. The van der Waals surface area contributed by atoms with Crippen LogP contribution < -0.4 is 14.4 Å². The molecule has 3 heterocycles. The van der Waals surface area contributed by atoms with Crippen molar-refractivity contribution in [3.05, 3.63) is 47.9 Å². The van der Waals surface area contributed by atoms with Crippen LogP contribution in [-0.2, 0) is 6.54 Å². The lowest BCUT2D eigenvalue weighted by Crippen LogP contribution is -3.10. The van der Waals surface area contributed by atoms with Crippen LogP contribution >= 0.6 is 0 Å². The van der Waals surface area contributed by atoms with E-state index in [9.17, 15) is 4.79 Å². The van der Waals surface area contributed by atoms with Gasteiger partial charge >= 0.3 is 0 Å². The molecule has 2 aliphatic heterocycles. The van der Waals surface area contributed by atoms with E-state index >= 15 is 0 Å². The Morgan fingerprint density at radius 1 is 1.12 bits per heavy atom. The highest BCUT2D eigenvalue weighted by atomic mass is 16.7. The van der Waals surface area contributed by atoms with Crippen molar-refractivity contribution in [1.82, 2.24) is 4.90 Å². The van der Waals surface area contributed by atoms with Crippen LogP contribution in [0.5, 0.6) is 11.5 Å². The number of carbonyl (C=O) groups excluding carboxylic acids is 1. The maximum Gasteiger partial charge on any atom is 0.290 e. The number of nitrogens with zero attached hydrogens (tertiary/aromatic N) is 1. The third kappa shape index (κ3) is 3.64. The summed E-state index contributed by atoms with van der Waals surface area (Å²) >= 11 is 0. The molecule has 2 aliphatic rings. The molecule has 132 valence electrons. The van der Waals surface area contributed by atoms with Crippen LogP contribution in [0.1, 0.15) is 29.0 Å². The van der Waals surface area contributed by atoms with Crippen molar-refractivity contribution in [2.45, 2.75) is 19.4 Å². The van der Waals surface area contributed by atoms with E-state index in [1.54, 1.807) is 17.0 Å². The molecule has 0 spiro atoms. The summed E-state index contributed by atoms with van der Waals surface area (Å²) < 4.78 is 16.1. The first-order valence-electron chi connectivity index (χ1n) is 8.84. The Kier molecular flexibility index (Phi) is 4.61. The molecule has 0 atom stereocenters. The van der Waals surface area contributed by atoms with Crippen molar-refractivity contribution in [1.29, 1.82) is 0 Å². The predicted octanol–water partition coefficient (Wildman–Crippen LogP) is 1.33. The average molecular weight is 343 g/mol. The van der Waals surface area contributed by atoms with Crippen molar-refractivity contribution in [2.24, 2.45) is 0 Å². The molecule has 6 nitrogen and oxygen atoms in total. The minimum atomic E-state index is -0.0683. The number of carbonyl (C=O) groups is 1. The average Bonchev–Trinajstić information content (AvgIpc) is 3.40. The second-order valence-corrected chi connectivity index (χ2v) is 6.60. The highest BCUT2D eigenvalue weighted by molar-refractivity contribution is 5.91. The van der Waals surface area contributed by atoms with Crippen molar-refractivity contribution in [3.63, 3.8) is 0 Å². The fourth-order valence-electron chi connectivity index (χ4n) is 3.49. The largest absolute Gasteiger partial charge is 0.459 e. The molecule has 0 aliphatic carbocycles. The molecule has 1 aromatic heterocycles. The number of amides is 1. The van der Waals surface area contributed by atoms with Gasteiger partial charge in [0.05, 0.1) is 32.4 Å². The molecule has 1 N–H and O–H groups in total. The molecule has 6 heteroatoms. The number of nitrogens with one attached hydrogen (secondary N) is 1. The van der Waals surface area contributed by atoms with Crippen LogP contribution in [0.3, 0.4) is 0 Å². The maximum atomic E-state index is 12.8. The van der Waals surface area contributed by atoms with Gasteiger partial charge in [-0.15, -0.1) is 0 Å². The summed E-state index contributed by atoms with van der Waals surface area (Å²) in [6.07, 6.45) is 4.10. The Morgan fingerprint density at radius 3 is 2.76 bits per heavy atom. The summed E-state index contributed by atoms with van der Waals surface area (Å²) in [4.78, 5) is 16.3. The number of hydrogen-bond donors (Lipinski definition) is 1. The van der Waals surface area contributed by atoms with Crippen LogP contribution in [-0.4, -0.2) is 43.8 Å². The topological polar surface area (TPSA) is 56.4 Å². The lowest BCUT2D eigenvalue weighted by atomic mass is 10.2. The van der Waals surface area contributed by atoms with Crippen molar-refractivity contribution in [3.8, 4) is 11.5 Å². The van der Waals surface area contributed by atoms with Gasteiger partial charge in [0.15, 0.2) is 17.3 Å². The van der Waals surface area contributed by atoms with Gasteiger partial charge in [-0.2, -0.15) is 0 Å². The van der Waals surface area contributed by atoms with Crippen LogP contribution in [0.25, 0.3) is 0 Å². The van der Waals surface area contributed by atoms with E-state index in [2.05, 4.69) is 0 Å². The monoisotopic (exact) mass is 343 g/mol. The number of furan rings is 1. The Hall–Kier alpha value is -2.47. The minimum Gasteiger partial charge on any atom is -0.459 e. The molecule has 25 heavy (non-hydrogen) atoms. The summed E-state index contributed by atoms with van der Waals surface area (Å²) in [6, 6.07) is 9.31. The molecule has 0 saturated carbocycles. The zero-order valence-corrected chi connectivity index (χ0v) is 14.2. The highest BCUT2D eigenvalue weighted by Crippen LogP contribution is 2.32. The molecular weight excluding hydrogens is 320 g/mol. The van der Waals surface area contributed by atoms with Gasteiger partial charge in [0.25, 0.3) is 5.91 Å². The van der Waals surface area contributed by atoms with Crippen molar-refractivity contribution >= 4 is 5.91 Å². The molecule has 0 bridgehead atoms. The standard InChI is InChI=1S/C19H22N2O4/c22-19(17-4-3-11-23-17)21(10-9-20-7-1-2-8-20)13-15-5-6-16-18(12-15)25-14-24-16/h3-6,11-12H,1-2,7-10,13-14H2/p+1. The van der Waals surface area contributed by atoms with Crippen molar-refractivity contribution < 1.29 is 23.6 Å². The SMILES string of the molecule is O=C(c1ccco1)N(CC[NH+]1CCCC1)Cc1ccc2c(c1)OCO2. The van der Waals surface area contributed by atoms with E-state index in [-0.39, 0.29) is 12.7 Å². The van der Waals surface area contributed by atoms with Gasteiger partial charge < -0.3 is 23.7 Å². The van der Waals surface area contributed by atoms with E-state index < -0.39 is 0 Å². The lowest BCUT2D eigenvalue weighted by molar-refractivity contribution is -0.886. The van der Waals surface area contributed by atoms with E-state index in [1.807, 2.05) is 23.1 Å². The molecule has 0 unspecified atom stereocenters. The summed E-state index contributed by atoms with van der Waals surface area (Å²) in [5, 5.41) is 0. The second kappa shape index (κ2) is 7.19. The Bertz CT molecular complexity index is 723. The van der Waals surface area contributed by atoms with Gasteiger partial charge in [-0.05, 0) is 29.8 Å². The van der Waals surface area contributed by atoms with Gasteiger partial charge in [0.1, 0.15) is 0 Å². The van der Waals surface area contributed by atoms with Crippen LogP contribution in [0.2, 0.25) is 0 Å². The Balaban J connectivity index is 1.48. The first-order chi connectivity index (χ1) is 12.3. The Labute approximate surface area is 146 Å². The molecule has 4 rings (SSSR count). The molecule has 1 saturated heterocycles. The first-order valence-corrected chi connectivity index (χ1v) is 8.84. The normalized spacial score (nSPS) is 16.3. The van der Waals surface area contributed by atoms with Crippen LogP contribution in [0, 0.1) is 0 Å². The molecule has 1 amide bonds. The number of likely N-dealkylation sites (tertiary alicyclic amines) is 1. The van der Waals surface area contributed by atoms with E-state index in [0.717, 1.165) is 23.6 Å². The molecule has 0 radical (unpaired) electrons. The predicted molar refractivity (Wildman–Crippen MR) is 90.8 cm³/mol. The quantitative estimate of drug-likeness (QED) is 0.860. The summed E-state index contributed by atoms with van der Waals surface area (Å²) in [6.45, 7) is 4.87. The fourth-order valence-corrected chi connectivity index (χ4v) is 3.49. The van der Waals surface area contributed by atoms with E-state index in [0.29, 0.717) is 18.8 Å². The summed E-state index contributed by atoms with van der Waals surface area (Å²) in [5.41, 5.74) is 1.03. The number of ether oxygens (including phenoxy) is 2. The number of quaternary nitrogens is 1. The molecule has 2 aromatic rings. The molecule has 1 fully saturated rings. The Morgan fingerprint density at radius 2 is 1.96 bits per heavy atom. The van der Waals surface area contributed by atoms with Crippen LogP contribution in [0.15, 0.2) is 41.0 Å². The van der Waals surface area contributed by atoms with Crippen LogP contribution in [0.4, 0.5) is 0 Å². The molecular formula is C19H23N2O4+. The van der Waals surface area contributed by atoms with E-state index in [1.165, 1.54) is 32.2 Å². The zero-order valence-electron chi connectivity index (χ0n) is 14.2. The molecule has 1 aromatic carbocycles. The zero-order chi connectivity index (χ0) is 17.1. The van der Waals surface area contributed by atoms with Gasteiger partial charge in [-0.1, -0.05) is 6.07 Å². The highest BCUT2D eigenvalue weighted by Gasteiger charge is 2.23. The number of benzene rings is 1. The number of fused-ring (bicyclic) bond motifs is 1.